The second-order valence-corrected chi connectivity index (χ2v) is 11.3. The maximum atomic E-state index is 12.9. The van der Waals surface area contributed by atoms with Crippen LogP contribution in [0.5, 0.6) is 11.6 Å². The highest BCUT2D eigenvalue weighted by Gasteiger charge is 2.33. The molecule has 0 aliphatic carbocycles. The molecule has 192 valence electrons. The van der Waals surface area contributed by atoms with Crippen LogP contribution in [0.4, 0.5) is 8.78 Å². The van der Waals surface area contributed by atoms with E-state index in [1.54, 1.807) is 18.3 Å². The van der Waals surface area contributed by atoms with E-state index in [1.165, 1.54) is 12.3 Å². The normalized spacial score (nSPS) is 20.8. The van der Waals surface area contributed by atoms with Crippen LogP contribution in [0.2, 0.25) is 0 Å². The molecule has 2 saturated heterocycles. The van der Waals surface area contributed by atoms with Gasteiger partial charge in [0, 0.05) is 55.1 Å². The van der Waals surface area contributed by atoms with Crippen molar-refractivity contribution >= 4 is 16.6 Å². The van der Waals surface area contributed by atoms with Gasteiger partial charge in [0.05, 0.1) is 29.0 Å². The third kappa shape index (κ3) is 7.13. The van der Waals surface area contributed by atoms with Gasteiger partial charge in [0.2, 0.25) is 5.88 Å². The lowest BCUT2D eigenvalue weighted by atomic mass is 10.2. The van der Waals surface area contributed by atoms with E-state index in [-0.39, 0.29) is 22.5 Å². The second kappa shape index (κ2) is 11.3. The molecule has 3 rings (SSSR count). The van der Waals surface area contributed by atoms with E-state index in [0.717, 1.165) is 37.2 Å². The fraction of sp³-hybridized carbons (Fsp3) is 0.520. The van der Waals surface area contributed by atoms with Gasteiger partial charge in [-0.15, -0.1) is 0 Å². The molecule has 7 nitrogen and oxygen atoms in total. The first-order valence-electron chi connectivity index (χ1n) is 11.6. The zero-order valence-corrected chi connectivity index (χ0v) is 21.6. The Morgan fingerprint density at radius 2 is 2.11 bits per heavy atom. The van der Waals surface area contributed by atoms with E-state index < -0.39 is 23.3 Å². The standard InChI is InChI=1S/C25H34F2N4O3S/c1-7-20(12-28-19(5)30-14-22(15-30)35(32)17(2)3)31-11-10-23(18(31)4)34-21-8-9-24(29-13-21)33-16-25(6,26)27/h7-9,12-13,17,22-23H,1,4,10-11,14-16H2,2-3,5-6H3/b20-12+,28-19?/t23-,35?/m1/s1. The molecular formula is C25H34F2N4O3S. The zero-order valence-electron chi connectivity index (χ0n) is 20.7. The maximum absolute atomic E-state index is 12.9. The minimum atomic E-state index is -2.92. The number of nitrogens with zero attached hydrogens (tertiary/aromatic N) is 4. The molecule has 2 fully saturated rings. The molecule has 10 heteroatoms. The van der Waals surface area contributed by atoms with Gasteiger partial charge in [-0.05, 0) is 19.1 Å². The molecule has 3 heterocycles. The molecule has 0 saturated carbocycles. The molecule has 0 aromatic carbocycles. The number of likely N-dealkylation sites (tertiary alicyclic amines) is 2. The number of pyridine rings is 1. The number of aromatic nitrogens is 1. The van der Waals surface area contributed by atoms with E-state index in [0.29, 0.717) is 18.7 Å². The Balaban J connectivity index is 1.55. The Morgan fingerprint density at radius 3 is 2.69 bits per heavy atom. The van der Waals surface area contributed by atoms with Crippen molar-refractivity contribution in [1.29, 1.82) is 0 Å². The first kappa shape index (κ1) is 26.8. The SMILES string of the molecule is C=C/C(=C\N=C(C)N1CC(S(=O)C(C)C)C1)N1CC[C@@H](Oc2ccc(OCC(C)(F)F)nc2)C1=C. The summed E-state index contributed by atoms with van der Waals surface area (Å²) in [5, 5.41) is 0.362. The Kier molecular flexibility index (Phi) is 8.69. The van der Waals surface area contributed by atoms with Crippen molar-refractivity contribution in [3.63, 3.8) is 0 Å². The fourth-order valence-electron chi connectivity index (χ4n) is 3.75. The molecule has 2 aliphatic rings. The van der Waals surface area contributed by atoms with E-state index in [1.807, 2.05) is 25.7 Å². The largest absolute Gasteiger partial charge is 0.483 e. The molecule has 2 aliphatic heterocycles. The number of allylic oxidation sites excluding steroid dienone is 1. The van der Waals surface area contributed by atoms with Crippen molar-refractivity contribution in [2.24, 2.45) is 4.99 Å². The molecule has 1 unspecified atom stereocenters. The lowest BCUT2D eigenvalue weighted by molar-refractivity contribution is -0.0242. The summed E-state index contributed by atoms with van der Waals surface area (Å²) in [6.45, 7) is 16.3. The van der Waals surface area contributed by atoms with Crippen LogP contribution in [-0.4, -0.2) is 73.6 Å². The third-order valence-corrected chi connectivity index (χ3v) is 7.68. The van der Waals surface area contributed by atoms with E-state index in [2.05, 4.69) is 28.0 Å². The molecule has 0 radical (unpaired) electrons. The lowest BCUT2D eigenvalue weighted by Gasteiger charge is -2.40. The average molecular weight is 509 g/mol. The maximum Gasteiger partial charge on any atom is 0.278 e. The predicted molar refractivity (Wildman–Crippen MR) is 135 cm³/mol. The summed E-state index contributed by atoms with van der Waals surface area (Å²) < 4.78 is 49.1. The van der Waals surface area contributed by atoms with Gasteiger partial charge in [0.1, 0.15) is 17.7 Å². The molecule has 0 spiro atoms. The van der Waals surface area contributed by atoms with E-state index in [9.17, 15) is 13.0 Å². The van der Waals surface area contributed by atoms with Crippen molar-refractivity contribution in [1.82, 2.24) is 14.8 Å². The summed E-state index contributed by atoms with van der Waals surface area (Å²) in [7, 11) is -0.819. The van der Waals surface area contributed by atoms with Gasteiger partial charge in [-0.2, -0.15) is 0 Å². The van der Waals surface area contributed by atoms with Crippen LogP contribution in [0, 0.1) is 0 Å². The number of ether oxygens (including phenoxy) is 2. The Bertz CT molecular complexity index is 999. The number of hydrogen-bond acceptors (Lipinski definition) is 6. The first-order chi connectivity index (χ1) is 16.5. The third-order valence-electron chi connectivity index (χ3n) is 5.80. The number of amidine groups is 1. The highest BCUT2D eigenvalue weighted by molar-refractivity contribution is 7.86. The molecule has 35 heavy (non-hydrogen) atoms. The summed E-state index contributed by atoms with van der Waals surface area (Å²) in [5.74, 6) is -1.45. The number of alkyl halides is 2. The van der Waals surface area contributed by atoms with Gasteiger partial charge in [-0.25, -0.2) is 18.8 Å². The number of halogens is 2. The van der Waals surface area contributed by atoms with Crippen molar-refractivity contribution in [3.05, 3.63) is 55.2 Å². The highest BCUT2D eigenvalue weighted by Crippen LogP contribution is 2.29. The van der Waals surface area contributed by atoms with Crippen LogP contribution < -0.4 is 9.47 Å². The van der Waals surface area contributed by atoms with Crippen molar-refractivity contribution < 1.29 is 22.5 Å². The van der Waals surface area contributed by atoms with Gasteiger partial charge in [-0.1, -0.05) is 27.0 Å². The van der Waals surface area contributed by atoms with Gasteiger partial charge in [0.15, 0.2) is 6.61 Å². The number of rotatable bonds is 10. The summed E-state index contributed by atoms with van der Waals surface area (Å²) >= 11 is 0. The van der Waals surface area contributed by atoms with Crippen molar-refractivity contribution in [2.75, 3.05) is 26.2 Å². The zero-order chi connectivity index (χ0) is 25.8. The highest BCUT2D eigenvalue weighted by atomic mass is 32.2. The monoisotopic (exact) mass is 508 g/mol. The molecular weight excluding hydrogens is 474 g/mol. The fourth-order valence-corrected chi connectivity index (χ4v) is 5.17. The summed E-state index contributed by atoms with van der Waals surface area (Å²) in [6.07, 6.45) is 5.39. The molecule has 1 aromatic rings. The van der Waals surface area contributed by atoms with Crippen LogP contribution in [0.1, 0.15) is 34.1 Å². The van der Waals surface area contributed by atoms with Gasteiger partial charge >= 0.3 is 0 Å². The quantitative estimate of drug-likeness (QED) is 0.266. The smallest absolute Gasteiger partial charge is 0.278 e. The van der Waals surface area contributed by atoms with E-state index >= 15 is 0 Å². The van der Waals surface area contributed by atoms with Crippen LogP contribution in [-0.2, 0) is 10.8 Å². The number of hydrogen-bond donors (Lipinski definition) is 0. The van der Waals surface area contributed by atoms with Crippen LogP contribution >= 0.6 is 0 Å². The van der Waals surface area contributed by atoms with Crippen molar-refractivity contribution in [2.45, 2.75) is 56.6 Å². The lowest BCUT2D eigenvalue weighted by Crippen LogP contribution is -2.55. The van der Waals surface area contributed by atoms with Crippen LogP contribution in [0.25, 0.3) is 0 Å². The molecule has 2 atom stereocenters. The minimum Gasteiger partial charge on any atom is -0.483 e. The Hall–Kier alpha value is -2.75. The summed E-state index contributed by atoms with van der Waals surface area (Å²) in [6, 6.07) is 3.14. The van der Waals surface area contributed by atoms with Crippen LogP contribution in [0.3, 0.4) is 0 Å². The molecule has 0 N–H and O–H groups in total. The molecule has 0 bridgehead atoms. The first-order valence-corrected chi connectivity index (χ1v) is 12.9. The van der Waals surface area contributed by atoms with Crippen LogP contribution in [0.15, 0.2) is 60.1 Å². The number of aliphatic imine (C=N–C) groups is 1. The van der Waals surface area contributed by atoms with Gasteiger partial charge in [-0.3, -0.25) is 4.21 Å². The topological polar surface area (TPSA) is 67.3 Å². The second-order valence-electron chi connectivity index (χ2n) is 9.07. The Labute approximate surface area is 208 Å². The Morgan fingerprint density at radius 1 is 1.40 bits per heavy atom. The summed E-state index contributed by atoms with van der Waals surface area (Å²) in [4.78, 5) is 12.8. The predicted octanol–water partition coefficient (Wildman–Crippen LogP) is 4.37. The summed E-state index contributed by atoms with van der Waals surface area (Å²) in [5.41, 5.74) is 1.58. The molecule has 1 aromatic heterocycles. The molecule has 0 amide bonds. The van der Waals surface area contributed by atoms with E-state index in [4.69, 9.17) is 9.47 Å². The average Bonchev–Trinajstić information content (AvgIpc) is 3.12. The minimum absolute atomic E-state index is 0.111. The van der Waals surface area contributed by atoms with Gasteiger partial charge < -0.3 is 19.3 Å². The van der Waals surface area contributed by atoms with Gasteiger partial charge in [0.25, 0.3) is 5.92 Å². The van der Waals surface area contributed by atoms with Crippen molar-refractivity contribution in [3.8, 4) is 11.6 Å².